The highest BCUT2D eigenvalue weighted by molar-refractivity contribution is 6.51. The minimum atomic E-state index is -1.02. The van der Waals surface area contributed by atoms with Gasteiger partial charge >= 0.3 is 0 Å². The minimum Gasteiger partial charge on any atom is -0.507 e. The first kappa shape index (κ1) is 24.0. The number of halogens is 3. The van der Waals surface area contributed by atoms with Gasteiger partial charge < -0.3 is 14.9 Å². The summed E-state index contributed by atoms with van der Waals surface area (Å²) in [7, 11) is 0. The Morgan fingerprint density at radius 2 is 1.68 bits per heavy atom. The quantitative estimate of drug-likeness (QED) is 0.233. The van der Waals surface area contributed by atoms with E-state index in [1.165, 1.54) is 41.3 Å². The van der Waals surface area contributed by atoms with E-state index in [9.17, 15) is 19.8 Å². The molecule has 1 aliphatic rings. The van der Waals surface area contributed by atoms with Crippen LogP contribution in [0, 0.1) is 0 Å². The Morgan fingerprint density at radius 3 is 2.32 bits per heavy atom. The van der Waals surface area contributed by atoms with Crippen molar-refractivity contribution in [2.45, 2.75) is 13.0 Å². The van der Waals surface area contributed by atoms with Crippen molar-refractivity contribution in [3.8, 4) is 11.5 Å². The van der Waals surface area contributed by atoms with Gasteiger partial charge in [-0.2, -0.15) is 0 Å². The Bertz CT molecular complexity index is 1320. The zero-order chi connectivity index (χ0) is 24.6. The summed E-state index contributed by atoms with van der Waals surface area (Å²) in [4.78, 5) is 27.6. The van der Waals surface area contributed by atoms with Crippen LogP contribution in [0.1, 0.15) is 24.1 Å². The van der Waals surface area contributed by atoms with E-state index in [4.69, 9.17) is 39.5 Å². The second-order valence-corrected chi connectivity index (χ2v) is 8.69. The van der Waals surface area contributed by atoms with Crippen LogP contribution in [-0.2, 0) is 9.59 Å². The van der Waals surface area contributed by atoms with E-state index in [1.54, 1.807) is 31.2 Å². The van der Waals surface area contributed by atoms with E-state index in [0.717, 1.165) is 0 Å². The number of nitrogens with zero attached hydrogens (tertiary/aromatic N) is 1. The van der Waals surface area contributed by atoms with Gasteiger partial charge in [0.25, 0.3) is 11.7 Å². The van der Waals surface area contributed by atoms with E-state index in [-0.39, 0.29) is 21.9 Å². The van der Waals surface area contributed by atoms with Crippen LogP contribution in [0.2, 0.25) is 15.1 Å². The fraction of sp³-hybridized carbons (Fsp3) is 0.120. The van der Waals surface area contributed by atoms with Crippen LogP contribution in [-0.4, -0.2) is 28.5 Å². The number of hydrogen-bond donors (Lipinski definition) is 2. The van der Waals surface area contributed by atoms with Crippen LogP contribution < -0.4 is 9.64 Å². The maximum Gasteiger partial charge on any atom is 0.300 e. The molecule has 1 amide bonds. The maximum absolute atomic E-state index is 13.2. The second kappa shape index (κ2) is 9.58. The van der Waals surface area contributed by atoms with Gasteiger partial charge in [0.05, 0.1) is 28.3 Å². The molecule has 0 aromatic heterocycles. The average Bonchev–Trinajstić information content (AvgIpc) is 3.08. The topological polar surface area (TPSA) is 87.1 Å². The first-order chi connectivity index (χ1) is 16.2. The van der Waals surface area contributed by atoms with Crippen molar-refractivity contribution in [3.05, 3.63) is 92.4 Å². The molecule has 174 valence electrons. The van der Waals surface area contributed by atoms with Gasteiger partial charge in [0, 0.05) is 16.3 Å². The van der Waals surface area contributed by atoms with Crippen molar-refractivity contribution in [2.75, 3.05) is 11.5 Å². The SMILES string of the molecule is CCOc1cc(/C(O)=C2/C(=O)C(=O)N(c3ccc(Cl)cc3)C2c2ccc(O)c(Cl)c2)ccc1Cl. The number of rotatable bonds is 5. The normalized spacial score (nSPS) is 17.3. The molecule has 1 fully saturated rings. The third kappa shape index (κ3) is 4.32. The zero-order valence-electron chi connectivity index (χ0n) is 17.8. The van der Waals surface area contributed by atoms with E-state index in [1.807, 2.05) is 0 Å². The first-order valence-electron chi connectivity index (χ1n) is 10.2. The summed E-state index contributed by atoms with van der Waals surface area (Å²) in [6, 6.07) is 14.2. The number of ether oxygens (including phenoxy) is 1. The van der Waals surface area contributed by atoms with Crippen LogP contribution in [0.3, 0.4) is 0 Å². The summed E-state index contributed by atoms with van der Waals surface area (Å²) in [5, 5.41) is 21.9. The van der Waals surface area contributed by atoms with Gasteiger partial charge in [-0.1, -0.05) is 40.9 Å². The van der Waals surface area contributed by atoms with Gasteiger partial charge in [-0.05, 0) is 67.1 Å². The molecular formula is C25H18Cl3NO5. The second-order valence-electron chi connectivity index (χ2n) is 7.43. The summed E-state index contributed by atoms with van der Waals surface area (Å²) in [5.74, 6) is -1.95. The number of aliphatic hydroxyl groups excluding tert-OH is 1. The lowest BCUT2D eigenvalue weighted by atomic mass is 9.95. The van der Waals surface area contributed by atoms with Crippen molar-refractivity contribution in [2.24, 2.45) is 0 Å². The number of hydrogen-bond acceptors (Lipinski definition) is 5. The van der Waals surface area contributed by atoms with Crippen molar-refractivity contribution >= 4 is 57.9 Å². The van der Waals surface area contributed by atoms with Crippen molar-refractivity contribution < 1.29 is 24.5 Å². The lowest BCUT2D eigenvalue weighted by Crippen LogP contribution is -2.29. The number of Topliss-reactive ketones (excluding diaryl/α,β-unsaturated/α-hetero) is 1. The van der Waals surface area contributed by atoms with Crippen molar-refractivity contribution in [3.63, 3.8) is 0 Å². The lowest BCUT2D eigenvalue weighted by Gasteiger charge is -2.25. The molecule has 1 heterocycles. The zero-order valence-corrected chi connectivity index (χ0v) is 20.0. The Kier molecular flexibility index (Phi) is 6.75. The molecule has 9 heteroatoms. The van der Waals surface area contributed by atoms with Crippen molar-refractivity contribution in [1.82, 2.24) is 0 Å². The molecule has 0 saturated carbocycles. The van der Waals surface area contributed by atoms with Gasteiger partial charge in [0.15, 0.2) is 0 Å². The van der Waals surface area contributed by atoms with E-state index < -0.39 is 23.5 Å². The van der Waals surface area contributed by atoms with Crippen LogP contribution in [0.25, 0.3) is 5.76 Å². The molecule has 34 heavy (non-hydrogen) atoms. The standard InChI is InChI=1S/C25H18Cl3NO5/c1-2-34-20-12-14(3-9-17(20)27)23(31)21-22(13-4-10-19(30)18(28)11-13)29(25(33)24(21)32)16-7-5-15(26)6-8-16/h3-12,22,30-31H,2H2,1H3/b23-21-. The predicted molar refractivity (Wildman–Crippen MR) is 132 cm³/mol. The highest BCUT2D eigenvalue weighted by atomic mass is 35.5. The summed E-state index contributed by atoms with van der Waals surface area (Å²) >= 11 is 18.3. The molecule has 3 aromatic rings. The number of aliphatic hydroxyl groups is 1. The van der Waals surface area contributed by atoms with Gasteiger partial charge in [0.2, 0.25) is 0 Å². The number of carbonyl (C=O) groups is 2. The molecule has 0 spiro atoms. The lowest BCUT2D eigenvalue weighted by molar-refractivity contribution is -0.132. The van der Waals surface area contributed by atoms with Gasteiger partial charge in [-0.3, -0.25) is 14.5 Å². The smallest absolute Gasteiger partial charge is 0.300 e. The van der Waals surface area contributed by atoms with Crippen molar-refractivity contribution in [1.29, 1.82) is 0 Å². The van der Waals surface area contributed by atoms with Gasteiger partial charge in [0.1, 0.15) is 17.3 Å². The van der Waals surface area contributed by atoms with Crippen LogP contribution in [0.5, 0.6) is 11.5 Å². The summed E-state index contributed by atoms with van der Waals surface area (Å²) in [6.45, 7) is 2.13. The number of carbonyl (C=O) groups excluding carboxylic acids is 2. The molecule has 3 aromatic carbocycles. The van der Waals surface area contributed by atoms with Gasteiger partial charge in [-0.15, -0.1) is 0 Å². The molecule has 1 atom stereocenters. The Morgan fingerprint density at radius 1 is 0.971 bits per heavy atom. The number of phenols is 1. The first-order valence-corrected chi connectivity index (χ1v) is 11.3. The molecule has 1 unspecified atom stereocenters. The van der Waals surface area contributed by atoms with Gasteiger partial charge in [-0.25, -0.2) is 0 Å². The number of aromatic hydroxyl groups is 1. The third-order valence-corrected chi connectivity index (χ3v) is 6.21. The minimum absolute atomic E-state index is 0.0318. The summed E-state index contributed by atoms with van der Waals surface area (Å²) < 4.78 is 5.49. The summed E-state index contributed by atoms with van der Waals surface area (Å²) in [6.07, 6.45) is 0. The summed E-state index contributed by atoms with van der Waals surface area (Å²) in [5.41, 5.74) is 0.909. The number of phenolic OH excluding ortho intramolecular Hbond substituents is 1. The molecule has 0 bridgehead atoms. The third-order valence-electron chi connectivity index (χ3n) is 5.34. The number of benzene rings is 3. The molecule has 0 aliphatic carbocycles. The molecule has 6 nitrogen and oxygen atoms in total. The largest absolute Gasteiger partial charge is 0.507 e. The average molecular weight is 519 g/mol. The van der Waals surface area contributed by atoms with E-state index >= 15 is 0 Å². The molecule has 1 aliphatic heterocycles. The van der Waals surface area contributed by atoms with E-state index in [0.29, 0.717) is 33.7 Å². The number of anilines is 1. The Hall–Kier alpha value is -3.19. The van der Waals surface area contributed by atoms with Crippen LogP contribution in [0.4, 0.5) is 5.69 Å². The fourth-order valence-electron chi connectivity index (χ4n) is 3.78. The molecular weight excluding hydrogens is 501 g/mol. The molecule has 4 rings (SSSR count). The molecule has 2 N–H and O–H groups in total. The molecule has 1 saturated heterocycles. The highest BCUT2D eigenvalue weighted by Gasteiger charge is 2.47. The number of ketones is 1. The number of amides is 1. The maximum atomic E-state index is 13.2. The van der Waals surface area contributed by atoms with Crippen LogP contribution in [0.15, 0.2) is 66.2 Å². The fourth-order valence-corrected chi connectivity index (χ4v) is 4.27. The predicted octanol–water partition coefficient (Wildman–Crippen LogP) is 6.38. The van der Waals surface area contributed by atoms with Crippen LogP contribution >= 0.6 is 34.8 Å². The highest BCUT2D eigenvalue weighted by Crippen LogP contribution is 2.44. The Balaban J connectivity index is 1.95. The Labute approximate surface area is 210 Å². The molecule has 0 radical (unpaired) electrons. The monoisotopic (exact) mass is 517 g/mol. The van der Waals surface area contributed by atoms with E-state index in [2.05, 4.69) is 0 Å².